The van der Waals surface area contributed by atoms with E-state index in [1.165, 1.54) is 26.9 Å². The second-order valence-electron chi connectivity index (χ2n) is 10.8. The Morgan fingerprint density at radius 2 is 1.14 bits per heavy atom. The Kier molecular flexibility index (Phi) is 6.54. The first-order valence-electron chi connectivity index (χ1n) is 12.9. The molecule has 0 amide bonds. The van der Waals surface area contributed by atoms with Crippen molar-refractivity contribution in [3.8, 4) is 11.5 Å². The number of rotatable bonds is 4. The van der Waals surface area contributed by atoms with Crippen LogP contribution in [0.2, 0.25) is 17.1 Å². The Balaban J connectivity index is 1.65. The van der Waals surface area contributed by atoms with Gasteiger partial charge in [-0.05, 0) is 103 Å². The van der Waals surface area contributed by atoms with E-state index in [0.717, 1.165) is 21.7 Å². The van der Waals surface area contributed by atoms with E-state index in [1.807, 2.05) is 39.8 Å². The molecule has 0 bridgehead atoms. The lowest BCUT2D eigenvalue weighted by atomic mass is 9.96. The summed E-state index contributed by atoms with van der Waals surface area (Å²) in [7, 11) is -2.53. The van der Waals surface area contributed by atoms with Crippen LogP contribution in [-0.4, -0.2) is 14.3 Å². The van der Waals surface area contributed by atoms with Crippen molar-refractivity contribution >= 4 is 51.2 Å². The summed E-state index contributed by atoms with van der Waals surface area (Å²) >= 11 is 0. The van der Waals surface area contributed by atoms with Crippen molar-refractivity contribution < 1.29 is 13.2 Å². The average Bonchev–Trinajstić information content (AvgIpc) is 2.84. The van der Waals surface area contributed by atoms with Crippen LogP contribution in [0.5, 0.6) is 0 Å². The Hall–Kier alpha value is -3.29. The van der Waals surface area contributed by atoms with Crippen LogP contribution in [0, 0.1) is 11.5 Å². The highest BCUT2D eigenvalue weighted by molar-refractivity contribution is 6.89. The smallest absolute Gasteiger partial charge is 0.171 e. The fourth-order valence-electron chi connectivity index (χ4n) is 5.71. The quantitative estimate of drug-likeness (QED) is 0.128. The van der Waals surface area contributed by atoms with Crippen LogP contribution >= 0.6 is 0 Å². The van der Waals surface area contributed by atoms with Gasteiger partial charge < -0.3 is 0 Å². The summed E-state index contributed by atoms with van der Waals surface area (Å²) in [5.41, 5.74) is 4.67. The summed E-state index contributed by atoms with van der Waals surface area (Å²) in [5.74, 6) is 3.40. The highest BCUT2D eigenvalue weighted by atomic mass is 28.3. The van der Waals surface area contributed by atoms with Crippen LogP contribution in [0.4, 0.5) is 13.2 Å². The molecule has 5 aromatic carbocycles. The zero-order chi connectivity index (χ0) is 26.4. The maximum absolute atomic E-state index is 13.2. The zero-order valence-electron chi connectivity index (χ0n) is 21.7. The third-order valence-corrected chi connectivity index (χ3v) is 13.8. The van der Waals surface area contributed by atoms with Crippen LogP contribution in [0.1, 0.15) is 39.7 Å². The van der Waals surface area contributed by atoms with Crippen LogP contribution in [-0.2, 0) is 0 Å². The molecule has 0 N–H and O–H groups in total. The van der Waals surface area contributed by atoms with Crippen molar-refractivity contribution in [2.75, 3.05) is 0 Å². The summed E-state index contributed by atoms with van der Waals surface area (Å²) < 4.78 is 39.6. The second kappa shape index (κ2) is 9.54. The van der Waals surface area contributed by atoms with Gasteiger partial charge in [-0.2, -0.15) is 13.2 Å². The van der Waals surface area contributed by atoms with E-state index in [-0.39, 0.29) is 17.1 Å². The SMILES string of the molecule is CC(C)[Si](C#Cc1cccc2cc3cc4cc5ccccc5cc4cc3cc12)(CCC(F)(F)F)C(C)C. The standard InChI is InChI=1S/C33H31F3Si/c1-22(2)37(23(3)4,15-13-33(34,35)36)14-12-24-10-7-11-27-18-30-19-28-16-25-8-5-6-9-26(25)17-29(28)20-31(30)21-32(24)27/h5-11,16-23H,13,15H2,1-4H3. The van der Waals surface area contributed by atoms with Gasteiger partial charge in [0.05, 0.1) is 0 Å². The molecule has 0 saturated carbocycles. The number of alkyl halides is 3. The molecule has 0 atom stereocenters. The molecule has 0 radical (unpaired) electrons. The number of hydrogen-bond donors (Lipinski definition) is 0. The molecule has 0 fully saturated rings. The van der Waals surface area contributed by atoms with Crippen molar-refractivity contribution in [1.82, 2.24) is 0 Å². The highest BCUT2D eigenvalue weighted by Crippen LogP contribution is 2.39. The minimum atomic E-state index is -4.16. The van der Waals surface area contributed by atoms with E-state index < -0.39 is 20.7 Å². The molecule has 0 aliphatic rings. The number of halogens is 3. The lowest BCUT2D eigenvalue weighted by Gasteiger charge is -2.34. The molecule has 0 aliphatic heterocycles. The van der Waals surface area contributed by atoms with Gasteiger partial charge in [-0.3, -0.25) is 0 Å². The molecule has 0 aliphatic carbocycles. The van der Waals surface area contributed by atoms with E-state index in [1.54, 1.807) is 0 Å². The second-order valence-corrected chi connectivity index (χ2v) is 16.0. The summed E-state index contributed by atoms with van der Waals surface area (Å²) in [6.07, 6.45) is -4.91. The van der Waals surface area contributed by atoms with Crippen molar-refractivity contribution in [2.24, 2.45) is 0 Å². The van der Waals surface area contributed by atoms with Crippen LogP contribution in [0.25, 0.3) is 43.1 Å². The van der Waals surface area contributed by atoms with E-state index in [0.29, 0.717) is 0 Å². The number of benzene rings is 5. The van der Waals surface area contributed by atoms with Gasteiger partial charge in [0.1, 0.15) is 8.07 Å². The summed E-state index contributed by atoms with van der Waals surface area (Å²) in [6.45, 7) is 8.18. The first kappa shape index (κ1) is 25.4. The van der Waals surface area contributed by atoms with Crippen molar-refractivity contribution in [1.29, 1.82) is 0 Å². The zero-order valence-corrected chi connectivity index (χ0v) is 22.7. The lowest BCUT2D eigenvalue weighted by molar-refractivity contribution is -0.130. The van der Waals surface area contributed by atoms with Crippen LogP contribution < -0.4 is 0 Å². The van der Waals surface area contributed by atoms with Gasteiger partial charge in [-0.25, -0.2) is 0 Å². The van der Waals surface area contributed by atoms with Crippen molar-refractivity contribution in [2.45, 2.75) is 57.4 Å². The minimum Gasteiger partial charge on any atom is -0.171 e. The van der Waals surface area contributed by atoms with Crippen LogP contribution in [0.3, 0.4) is 0 Å². The number of hydrogen-bond acceptors (Lipinski definition) is 0. The molecular weight excluding hydrogens is 481 g/mol. The van der Waals surface area contributed by atoms with Gasteiger partial charge in [0.25, 0.3) is 0 Å². The van der Waals surface area contributed by atoms with Crippen molar-refractivity contribution in [3.63, 3.8) is 0 Å². The fraction of sp³-hybridized carbons (Fsp3) is 0.273. The third kappa shape index (κ3) is 4.98. The predicted molar refractivity (Wildman–Crippen MR) is 155 cm³/mol. The minimum absolute atomic E-state index is 0.138. The molecule has 0 nitrogen and oxygen atoms in total. The molecule has 0 saturated heterocycles. The van der Waals surface area contributed by atoms with E-state index in [4.69, 9.17) is 0 Å². The van der Waals surface area contributed by atoms with Crippen LogP contribution in [0.15, 0.2) is 78.9 Å². The monoisotopic (exact) mass is 512 g/mol. The molecule has 0 heterocycles. The molecule has 5 rings (SSSR count). The molecule has 5 aromatic rings. The molecular formula is C33H31F3Si. The van der Waals surface area contributed by atoms with E-state index >= 15 is 0 Å². The van der Waals surface area contributed by atoms with Gasteiger partial charge in [-0.15, -0.1) is 5.54 Å². The summed E-state index contributed by atoms with van der Waals surface area (Å²) in [5, 5.41) is 9.27. The van der Waals surface area contributed by atoms with Gasteiger partial charge in [0, 0.05) is 12.0 Å². The van der Waals surface area contributed by atoms with Gasteiger partial charge in [0.15, 0.2) is 0 Å². The maximum atomic E-state index is 13.2. The first-order valence-corrected chi connectivity index (χ1v) is 15.3. The normalized spacial score (nSPS) is 12.7. The lowest BCUT2D eigenvalue weighted by Crippen LogP contribution is -2.41. The highest BCUT2D eigenvalue weighted by Gasteiger charge is 2.42. The molecule has 188 valence electrons. The van der Waals surface area contributed by atoms with Gasteiger partial charge in [-0.1, -0.05) is 70.0 Å². The molecule has 0 unspecified atom stereocenters. The van der Waals surface area contributed by atoms with Gasteiger partial charge in [0.2, 0.25) is 0 Å². The Bertz CT molecular complexity index is 1680. The third-order valence-electron chi connectivity index (χ3n) is 7.97. The predicted octanol–water partition coefficient (Wildman–Crippen LogP) is 10.4. The Morgan fingerprint density at radius 3 is 1.68 bits per heavy atom. The molecule has 4 heteroatoms. The fourth-order valence-corrected chi connectivity index (χ4v) is 9.96. The van der Waals surface area contributed by atoms with E-state index in [2.05, 4.69) is 78.2 Å². The van der Waals surface area contributed by atoms with Gasteiger partial charge >= 0.3 is 6.18 Å². The summed E-state index contributed by atoms with van der Waals surface area (Å²) in [6, 6.07) is 27.9. The average molecular weight is 513 g/mol. The largest absolute Gasteiger partial charge is 0.388 e. The molecule has 0 spiro atoms. The summed E-state index contributed by atoms with van der Waals surface area (Å²) in [4.78, 5) is 0. The molecule has 0 aromatic heterocycles. The molecule has 37 heavy (non-hydrogen) atoms. The maximum Gasteiger partial charge on any atom is 0.388 e. The first-order chi connectivity index (χ1) is 17.6. The topological polar surface area (TPSA) is 0 Å². The van der Waals surface area contributed by atoms with E-state index in [9.17, 15) is 13.2 Å². The Labute approximate surface area is 217 Å². The Morgan fingerprint density at radius 1 is 0.649 bits per heavy atom. The number of fused-ring (bicyclic) bond motifs is 4. The van der Waals surface area contributed by atoms with Crippen molar-refractivity contribution in [3.05, 3.63) is 84.4 Å².